The molecule has 4 heterocycles. The van der Waals surface area contributed by atoms with Crippen LogP contribution in [0.5, 0.6) is 0 Å². The van der Waals surface area contributed by atoms with Crippen molar-refractivity contribution in [1.29, 1.82) is 0 Å². The summed E-state index contributed by atoms with van der Waals surface area (Å²) in [6.45, 7) is 10.5. The number of carbonyl (C=O) groups excluding carboxylic acids is 1. The lowest BCUT2D eigenvalue weighted by molar-refractivity contribution is -0.129. The molecule has 0 radical (unpaired) electrons. The van der Waals surface area contributed by atoms with Gasteiger partial charge in [-0.3, -0.25) is 9.78 Å². The van der Waals surface area contributed by atoms with Gasteiger partial charge in [-0.25, -0.2) is 4.98 Å². The van der Waals surface area contributed by atoms with Gasteiger partial charge in [0.2, 0.25) is 0 Å². The van der Waals surface area contributed by atoms with Crippen LogP contribution in [-0.4, -0.2) is 51.7 Å². The first-order chi connectivity index (χ1) is 16.7. The van der Waals surface area contributed by atoms with Crippen LogP contribution in [0, 0.1) is 11.3 Å². The van der Waals surface area contributed by atoms with Crippen LogP contribution in [0.15, 0.2) is 42.7 Å². The number of hydrogen-bond acceptors (Lipinski definition) is 6. The first-order valence-electron chi connectivity index (χ1n) is 12.7. The molecule has 35 heavy (non-hydrogen) atoms. The number of hydrogen-bond donors (Lipinski definition) is 1. The average molecular weight is 472 g/mol. The molecule has 1 atom stereocenters. The summed E-state index contributed by atoms with van der Waals surface area (Å²) in [5, 5.41) is 3.45. The van der Waals surface area contributed by atoms with Gasteiger partial charge in [0.05, 0.1) is 28.3 Å². The molecule has 3 aromatic rings. The first kappa shape index (κ1) is 22.9. The molecule has 2 aromatic heterocycles. The monoisotopic (exact) mass is 472 g/mol. The van der Waals surface area contributed by atoms with E-state index < -0.39 is 7.12 Å². The average Bonchev–Trinajstić information content (AvgIpc) is 3.40. The van der Waals surface area contributed by atoms with Crippen LogP contribution in [0.4, 0.5) is 0 Å². The third-order valence-corrected chi connectivity index (χ3v) is 8.42. The molecule has 3 aliphatic rings. The number of carbonyl (C=O) groups is 1. The zero-order chi connectivity index (χ0) is 24.4. The van der Waals surface area contributed by atoms with Gasteiger partial charge in [-0.05, 0) is 65.0 Å². The number of fused-ring (bicyclic) bond motifs is 1. The van der Waals surface area contributed by atoms with Crippen LogP contribution in [-0.2, 0) is 20.6 Å². The molecule has 2 saturated heterocycles. The summed E-state index contributed by atoms with van der Waals surface area (Å²) < 4.78 is 14.7. The number of Topliss-reactive ketones (excluding diaryl/α,β-unsaturated/α-hetero) is 1. The van der Waals surface area contributed by atoms with Crippen LogP contribution in [0.25, 0.3) is 22.4 Å². The highest BCUT2D eigenvalue weighted by atomic mass is 16.7. The second kappa shape index (κ2) is 7.98. The quantitative estimate of drug-likeness (QED) is 0.555. The Morgan fingerprint density at radius 1 is 1.11 bits per heavy atom. The Kier molecular flexibility index (Phi) is 5.22. The van der Waals surface area contributed by atoms with Crippen LogP contribution in [0.2, 0.25) is 0 Å². The Labute approximate surface area is 206 Å². The molecule has 3 fully saturated rings. The molecule has 0 amide bonds. The molecule has 0 bridgehead atoms. The van der Waals surface area contributed by atoms with Gasteiger partial charge in [0.1, 0.15) is 17.1 Å². The molecule has 1 saturated carbocycles. The number of nitrogens with zero attached hydrogens (tertiary/aromatic N) is 3. The number of nitrogens with one attached hydrogen (secondary N) is 1. The topological polar surface area (TPSA) is 78.3 Å². The molecule has 0 spiro atoms. The number of imidazole rings is 1. The summed E-state index contributed by atoms with van der Waals surface area (Å²) in [7, 11) is -0.402. The van der Waals surface area contributed by atoms with E-state index in [4.69, 9.17) is 14.3 Å². The van der Waals surface area contributed by atoms with Gasteiger partial charge in [0.25, 0.3) is 0 Å². The zero-order valence-electron chi connectivity index (χ0n) is 21.0. The van der Waals surface area contributed by atoms with Gasteiger partial charge in [-0.2, -0.15) is 0 Å². The number of aromatic nitrogens is 3. The number of ketones is 1. The van der Waals surface area contributed by atoms with E-state index in [1.165, 1.54) is 0 Å². The van der Waals surface area contributed by atoms with Gasteiger partial charge in [-0.1, -0.05) is 24.3 Å². The van der Waals surface area contributed by atoms with Gasteiger partial charge >= 0.3 is 7.12 Å². The second-order valence-corrected chi connectivity index (χ2v) is 11.4. The smallest absolute Gasteiger partial charge is 0.399 e. The van der Waals surface area contributed by atoms with E-state index in [9.17, 15) is 4.79 Å². The lowest BCUT2D eigenvalue weighted by atomic mass is 9.78. The number of rotatable bonds is 6. The molecule has 1 aromatic carbocycles. The lowest BCUT2D eigenvalue weighted by Crippen LogP contribution is -2.41. The summed E-state index contributed by atoms with van der Waals surface area (Å²) in [4.78, 5) is 22.7. The van der Waals surface area contributed by atoms with E-state index in [-0.39, 0.29) is 22.5 Å². The van der Waals surface area contributed by atoms with Crippen molar-refractivity contribution in [2.24, 2.45) is 11.3 Å². The van der Waals surface area contributed by atoms with E-state index >= 15 is 0 Å². The molecule has 0 unspecified atom stereocenters. The fourth-order valence-electron chi connectivity index (χ4n) is 5.38. The Balaban J connectivity index is 1.36. The Morgan fingerprint density at radius 2 is 1.83 bits per heavy atom. The standard InChI is InChI=1S/C27H33BN4O3/c1-25(2)26(3,4)35-28(34-25)20-9-7-19(8-10-20)24-31-21-15-29-13-11-22(21)32(24)17-27(12-14-30-16-27)23(33)18-5-6-18/h7-11,13,15,18,30H,5-6,12,14,16-17H2,1-4H3/t27-/m0/s1. The van der Waals surface area contributed by atoms with Crippen molar-refractivity contribution in [2.45, 2.75) is 64.7 Å². The van der Waals surface area contributed by atoms with Crippen molar-refractivity contribution in [1.82, 2.24) is 19.9 Å². The van der Waals surface area contributed by atoms with Crippen molar-refractivity contribution in [3.8, 4) is 11.4 Å². The Hall–Kier alpha value is -2.55. The van der Waals surface area contributed by atoms with Gasteiger partial charge < -0.3 is 19.2 Å². The minimum atomic E-state index is -0.402. The number of benzene rings is 1. The molecule has 7 nitrogen and oxygen atoms in total. The first-order valence-corrected chi connectivity index (χ1v) is 12.7. The maximum Gasteiger partial charge on any atom is 0.494 e. The van der Waals surface area contributed by atoms with E-state index in [2.05, 4.69) is 66.8 Å². The molecule has 182 valence electrons. The third-order valence-electron chi connectivity index (χ3n) is 8.42. The molecular weight excluding hydrogens is 439 g/mol. The normalized spacial score (nSPS) is 25.4. The Morgan fingerprint density at radius 3 is 2.46 bits per heavy atom. The molecular formula is C27H33BN4O3. The van der Waals surface area contributed by atoms with Crippen LogP contribution in [0.3, 0.4) is 0 Å². The maximum atomic E-state index is 13.4. The van der Waals surface area contributed by atoms with Crippen molar-refractivity contribution < 1.29 is 14.1 Å². The highest BCUT2D eigenvalue weighted by Gasteiger charge is 2.52. The van der Waals surface area contributed by atoms with E-state index in [0.29, 0.717) is 12.3 Å². The minimum absolute atomic E-state index is 0.231. The van der Waals surface area contributed by atoms with Crippen molar-refractivity contribution >= 4 is 29.4 Å². The van der Waals surface area contributed by atoms with E-state index in [1.807, 2.05) is 6.07 Å². The van der Waals surface area contributed by atoms with E-state index in [0.717, 1.165) is 60.2 Å². The van der Waals surface area contributed by atoms with Crippen LogP contribution in [0.1, 0.15) is 47.0 Å². The molecule has 2 aliphatic heterocycles. The van der Waals surface area contributed by atoms with E-state index in [1.54, 1.807) is 12.4 Å². The summed E-state index contributed by atoms with van der Waals surface area (Å²) in [6, 6.07) is 10.3. The van der Waals surface area contributed by atoms with Crippen molar-refractivity contribution in [2.75, 3.05) is 13.1 Å². The third kappa shape index (κ3) is 3.83. The SMILES string of the molecule is CC1(C)OB(c2ccc(-c3nc4cnccc4n3C[C@]3(C(=O)C4CC4)CCNC3)cc2)OC1(C)C. The summed E-state index contributed by atoms with van der Waals surface area (Å²) in [6.07, 6.45) is 6.53. The Bertz CT molecular complexity index is 1260. The summed E-state index contributed by atoms with van der Waals surface area (Å²) in [5.74, 6) is 1.51. The predicted octanol–water partition coefficient (Wildman–Crippen LogP) is 3.36. The van der Waals surface area contributed by atoms with Gasteiger partial charge in [0.15, 0.2) is 0 Å². The minimum Gasteiger partial charge on any atom is -0.399 e. The fourth-order valence-corrected chi connectivity index (χ4v) is 5.38. The predicted molar refractivity (Wildman–Crippen MR) is 136 cm³/mol. The van der Waals surface area contributed by atoms with Crippen molar-refractivity contribution in [3.63, 3.8) is 0 Å². The molecule has 1 aliphatic carbocycles. The fraction of sp³-hybridized carbons (Fsp3) is 0.519. The number of pyridine rings is 1. The highest BCUT2D eigenvalue weighted by molar-refractivity contribution is 6.62. The summed E-state index contributed by atoms with van der Waals surface area (Å²) >= 11 is 0. The molecule has 1 N–H and O–H groups in total. The highest BCUT2D eigenvalue weighted by Crippen LogP contribution is 2.42. The van der Waals surface area contributed by atoms with Gasteiger partial charge in [-0.15, -0.1) is 0 Å². The van der Waals surface area contributed by atoms with Crippen LogP contribution < -0.4 is 10.8 Å². The molecule has 8 heteroatoms. The van der Waals surface area contributed by atoms with Gasteiger partial charge in [0, 0.05) is 30.8 Å². The maximum absolute atomic E-state index is 13.4. The largest absolute Gasteiger partial charge is 0.494 e. The van der Waals surface area contributed by atoms with Crippen LogP contribution >= 0.6 is 0 Å². The molecule has 6 rings (SSSR count). The lowest BCUT2D eigenvalue weighted by Gasteiger charge is -2.32. The van der Waals surface area contributed by atoms with Crippen molar-refractivity contribution in [3.05, 3.63) is 42.7 Å². The second-order valence-electron chi connectivity index (χ2n) is 11.4. The summed E-state index contributed by atoms with van der Waals surface area (Å²) in [5.41, 5.74) is 2.70. The zero-order valence-corrected chi connectivity index (χ0v) is 21.0.